The molecule has 1 aromatic heterocycles. The number of rotatable bonds is 6. The van der Waals surface area contributed by atoms with Crippen LogP contribution in [0, 0.1) is 6.92 Å². The van der Waals surface area contributed by atoms with Crippen molar-refractivity contribution in [3.05, 3.63) is 60.4 Å². The van der Waals surface area contributed by atoms with Gasteiger partial charge in [-0.3, -0.25) is 9.36 Å². The third-order valence-corrected chi connectivity index (χ3v) is 4.48. The number of thioether (sulfide) groups is 1. The normalized spacial score (nSPS) is 10.5. The Labute approximate surface area is 150 Å². The maximum Gasteiger partial charge on any atom is 0.234 e. The van der Waals surface area contributed by atoms with Crippen LogP contribution in [0.4, 0.5) is 5.69 Å². The first-order valence-corrected chi connectivity index (χ1v) is 8.68. The number of benzene rings is 2. The summed E-state index contributed by atoms with van der Waals surface area (Å²) in [5.41, 5.74) is 2.88. The lowest BCUT2D eigenvalue weighted by atomic mass is 10.2. The predicted octanol–water partition coefficient (Wildman–Crippen LogP) is 3.32. The molecule has 3 rings (SSSR count). The van der Waals surface area contributed by atoms with Crippen LogP contribution in [-0.2, 0) is 4.79 Å². The molecular weight excluding hydrogens is 336 g/mol. The van der Waals surface area contributed by atoms with Crippen molar-refractivity contribution in [2.75, 3.05) is 18.2 Å². The Kier molecular flexibility index (Phi) is 5.35. The minimum absolute atomic E-state index is 0.103. The SMILES string of the molecule is COc1ccc(NC(=O)CSc2nncn2-c2ccc(C)cc2)cc1. The number of hydrogen-bond acceptors (Lipinski definition) is 5. The molecule has 0 radical (unpaired) electrons. The lowest BCUT2D eigenvalue weighted by Gasteiger charge is -2.08. The van der Waals surface area contributed by atoms with E-state index in [2.05, 4.69) is 15.5 Å². The molecule has 1 heterocycles. The van der Waals surface area contributed by atoms with E-state index in [1.54, 1.807) is 37.7 Å². The second-order valence-electron chi connectivity index (χ2n) is 5.38. The number of carbonyl (C=O) groups is 1. The Morgan fingerprint density at radius 1 is 1.16 bits per heavy atom. The highest BCUT2D eigenvalue weighted by Gasteiger charge is 2.10. The van der Waals surface area contributed by atoms with E-state index in [4.69, 9.17) is 4.74 Å². The molecule has 2 aromatic carbocycles. The van der Waals surface area contributed by atoms with Crippen molar-refractivity contribution in [2.45, 2.75) is 12.1 Å². The molecule has 0 spiro atoms. The molecule has 0 aliphatic heterocycles. The van der Waals surface area contributed by atoms with Gasteiger partial charge >= 0.3 is 0 Å². The zero-order valence-corrected chi connectivity index (χ0v) is 14.8. The lowest BCUT2D eigenvalue weighted by molar-refractivity contribution is -0.113. The van der Waals surface area contributed by atoms with Crippen molar-refractivity contribution in [1.82, 2.24) is 14.8 Å². The number of nitrogens with zero attached hydrogens (tertiary/aromatic N) is 3. The third kappa shape index (κ3) is 4.39. The molecule has 0 aliphatic rings. The Balaban J connectivity index is 1.61. The van der Waals surface area contributed by atoms with Crippen LogP contribution < -0.4 is 10.1 Å². The largest absolute Gasteiger partial charge is 0.497 e. The molecule has 7 heteroatoms. The summed E-state index contributed by atoms with van der Waals surface area (Å²) in [6.45, 7) is 2.04. The summed E-state index contributed by atoms with van der Waals surface area (Å²) in [4.78, 5) is 12.1. The number of ether oxygens (including phenoxy) is 1. The van der Waals surface area contributed by atoms with Gasteiger partial charge in [-0.25, -0.2) is 0 Å². The van der Waals surface area contributed by atoms with Crippen molar-refractivity contribution >= 4 is 23.4 Å². The summed E-state index contributed by atoms with van der Waals surface area (Å²) < 4.78 is 6.96. The van der Waals surface area contributed by atoms with Crippen LogP contribution in [0.25, 0.3) is 5.69 Å². The van der Waals surface area contributed by atoms with Gasteiger partial charge in [0.25, 0.3) is 0 Å². The van der Waals surface area contributed by atoms with Gasteiger partial charge in [0, 0.05) is 11.4 Å². The lowest BCUT2D eigenvalue weighted by Crippen LogP contribution is -2.14. The molecule has 25 heavy (non-hydrogen) atoms. The van der Waals surface area contributed by atoms with Crippen LogP contribution in [0.3, 0.4) is 0 Å². The van der Waals surface area contributed by atoms with Crippen molar-refractivity contribution in [1.29, 1.82) is 0 Å². The topological polar surface area (TPSA) is 69.0 Å². The van der Waals surface area contributed by atoms with Crippen LogP contribution in [0.1, 0.15) is 5.56 Å². The summed E-state index contributed by atoms with van der Waals surface area (Å²) in [5.74, 6) is 0.892. The summed E-state index contributed by atoms with van der Waals surface area (Å²) >= 11 is 1.34. The zero-order chi connectivity index (χ0) is 17.6. The molecule has 0 saturated heterocycles. The van der Waals surface area contributed by atoms with Crippen molar-refractivity contribution in [2.24, 2.45) is 0 Å². The van der Waals surface area contributed by atoms with E-state index < -0.39 is 0 Å². The highest BCUT2D eigenvalue weighted by atomic mass is 32.2. The number of hydrogen-bond donors (Lipinski definition) is 1. The van der Waals surface area contributed by atoms with Crippen LogP contribution in [-0.4, -0.2) is 33.5 Å². The predicted molar refractivity (Wildman–Crippen MR) is 98.4 cm³/mol. The molecule has 1 N–H and O–H groups in total. The molecule has 1 amide bonds. The molecule has 0 bridgehead atoms. The summed E-state index contributed by atoms with van der Waals surface area (Å²) in [6, 6.07) is 15.3. The number of aromatic nitrogens is 3. The minimum Gasteiger partial charge on any atom is -0.497 e. The molecule has 128 valence electrons. The molecule has 0 unspecified atom stereocenters. The van der Waals surface area contributed by atoms with Gasteiger partial charge in [0.2, 0.25) is 5.91 Å². The average molecular weight is 354 g/mol. The van der Waals surface area contributed by atoms with Crippen molar-refractivity contribution in [3.8, 4) is 11.4 Å². The fraction of sp³-hybridized carbons (Fsp3) is 0.167. The Hall–Kier alpha value is -2.80. The minimum atomic E-state index is -0.103. The summed E-state index contributed by atoms with van der Waals surface area (Å²) in [7, 11) is 1.61. The number of carbonyl (C=O) groups excluding carboxylic acids is 1. The van der Waals surface area contributed by atoms with Crippen LogP contribution in [0.5, 0.6) is 5.75 Å². The third-order valence-electron chi connectivity index (χ3n) is 3.53. The van der Waals surface area contributed by atoms with E-state index in [0.717, 1.165) is 17.1 Å². The second-order valence-corrected chi connectivity index (χ2v) is 6.33. The van der Waals surface area contributed by atoms with Crippen LogP contribution in [0.15, 0.2) is 60.0 Å². The fourth-order valence-corrected chi connectivity index (χ4v) is 2.94. The molecule has 3 aromatic rings. The Morgan fingerprint density at radius 3 is 2.56 bits per heavy atom. The van der Waals surface area contributed by atoms with Crippen LogP contribution >= 0.6 is 11.8 Å². The first-order chi connectivity index (χ1) is 12.2. The fourth-order valence-electron chi connectivity index (χ4n) is 2.21. The van der Waals surface area contributed by atoms with Crippen molar-refractivity contribution in [3.63, 3.8) is 0 Å². The van der Waals surface area contributed by atoms with Gasteiger partial charge in [-0.05, 0) is 43.3 Å². The first kappa shape index (κ1) is 17.0. The van der Waals surface area contributed by atoms with E-state index in [1.165, 1.54) is 17.3 Å². The first-order valence-electron chi connectivity index (χ1n) is 7.69. The molecule has 6 nitrogen and oxygen atoms in total. The molecule has 0 aliphatic carbocycles. The van der Waals surface area contributed by atoms with E-state index in [9.17, 15) is 4.79 Å². The molecule has 0 atom stereocenters. The van der Waals surface area contributed by atoms with Gasteiger partial charge in [0.05, 0.1) is 12.9 Å². The van der Waals surface area contributed by atoms with Gasteiger partial charge in [-0.2, -0.15) is 0 Å². The smallest absolute Gasteiger partial charge is 0.234 e. The maximum absolute atomic E-state index is 12.1. The van der Waals surface area contributed by atoms with Gasteiger partial charge < -0.3 is 10.1 Å². The van der Waals surface area contributed by atoms with E-state index in [1.807, 2.05) is 35.8 Å². The van der Waals surface area contributed by atoms with Crippen molar-refractivity contribution < 1.29 is 9.53 Å². The average Bonchev–Trinajstić information content (AvgIpc) is 3.10. The second kappa shape index (κ2) is 7.85. The Bertz CT molecular complexity index is 844. The standard InChI is InChI=1S/C18H18N4O2S/c1-13-3-7-15(8-4-13)22-12-19-21-18(22)25-11-17(23)20-14-5-9-16(24-2)10-6-14/h3-10,12H,11H2,1-2H3,(H,20,23). The van der Waals surface area contributed by atoms with Crippen LogP contribution in [0.2, 0.25) is 0 Å². The highest BCUT2D eigenvalue weighted by Crippen LogP contribution is 2.20. The molecule has 0 fully saturated rings. The maximum atomic E-state index is 12.1. The number of methoxy groups -OCH3 is 1. The summed E-state index contributed by atoms with van der Waals surface area (Å²) in [5, 5.41) is 11.6. The van der Waals surface area contributed by atoms with E-state index in [0.29, 0.717) is 5.16 Å². The van der Waals surface area contributed by atoms with Gasteiger partial charge in [0.15, 0.2) is 5.16 Å². The van der Waals surface area contributed by atoms with Gasteiger partial charge in [0.1, 0.15) is 12.1 Å². The number of amides is 1. The zero-order valence-electron chi connectivity index (χ0n) is 14.0. The van der Waals surface area contributed by atoms with Gasteiger partial charge in [-0.1, -0.05) is 29.5 Å². The molecular formula is C18H18N4O2S. The van der Waals surface area contributed by atoms with E-state index in [-0.39, 0.29) is 11.7 Å². The van der Waals surface area contributed by atoms with E-state index >= 15 is 0 Å². The number of anilines is 1. The number of nitrogens with one attached hydrogen (secondary N) is 1. The summed E-state index contributed by atoms with van der Waals surface area (Å²) in [6.07, 6.45) is 1.65. The number of aryl methyl sites for hydroxylation is 1. The monoisotopic (exact) mass is 354 g/mol. The van der Waals surface area contributed by atoms with Gasteiger partial charge in [-0.15, -0.1) is 10.2 Å². The quantitative estimate of drug-likeness (QED) is 0.688. The Morgan fingerprint density at radius 2 is 1.88 bits per heavy atom. The highest BCUT2D eigenvalue weighted by molar-refractivity contribution is 7.99. The molecule has 0 saturated carbocycles.